The van der Waals surface area contributed by atoms with Crippen LogP contribution in [0, 0.1) is 12.8 Å². The summed E-state index contributed by atoms with van der Waals surface area (Å²) in [7, 11) is 0. The van der Waals surface area contributed by atoms with Gasteiger partial charge in [-0.2, -0.15) is 0 Å². The quantitative estimate of drug-likeness (QED) is 0.103. The number of aryl methyl sites for hydroxylation is 1. The lowest BCUT2D eigenvalue weighted by Gasteiger charge is -2.29. The summed E-state index contributed by atoms with van der Waals surface area (Å²) in [6.45, 7) is 4.05. The summed E-state index contributed by atoms with van der Waals surface area (Å²) in [5.41, 5.74) is 19.9. The Labute approximate surface area is 455 Å². The third-order valence-corrected chi connectivity index (χ3v) is 17.7. The van der Waals surface area contributed by atoms with Crippen LogP contribution in [0.5, 0.6) is 5.75 Å². The zero-order valence-electron chi connectivity index (χ0n) is 40.0. The van der Waals surface area contributed by atoms with Gasteiger partial charge in [-0.3, -0.25) is 28.8 Å². The zero-order valence-corrected chi connectivity index (χ0v) is 44.9. The van der Waals surface area contributed by atoms with Crippen LogP contribution in [-0.2, 0) is 22.6 Å². The highest BCUT2D eigenvalue weighted by atomic mass is 32.1. The Morgan fingerprint density at radius 3 is 2.16 bits per heavy atom. The summed E-state index contributed by atoms with van der Waals surface area (Å²) in [5.74, 6) is -3.59. The molecule has 1 saturated heterocycles. The standard InChI is InChI=1S/C48H44N14O8S6/c1-20-33(63)14-62-38(20)47-60-32(19-75-47)45-57-28(15-73-45)37-24(7-8-25(54-37)44-58-29(16-74-44)39(51)65)43-59-31(18-72-43)41(67)55-26(12-34(50)64)46-61-36(21(2)76-46)42(68)52-13-35-53-30(17-71-35)40(66)56-27(48(62)69)11-22-3-5-23(6-4-22)70-10-9-49/h3-8,15-20,26-27,33,38,63H,9-14,49H2,1-2H3,(H2,50,64)(H2,51,65)(H,52,68)(H,55,67)(H,56,66)/t20-,26-,27-,33-,38-/m0/s1. The van der Waals surface area contributed by atoms with Crippen molar-refractivity contribution in [2.45, 2.75) is 57.5 Å². The molecule has 22 nitrogen and oxygen atoms in total. The van der Waals surface area contributed by atoms with Crippen molar-refractivity contribution in [3.8, 4) is 49.1 Å². The first-order chi connectivity index (χ1) is 36.6. The molecule has 6 amide bonds. The Bertz CT molecular complexity index is 3530. The van der Waals surface area contributed by atoms with E-state index in [9.17, 15) is 33.9 Å². The van der Waals surface area contributed by atoms with Crippen molar-refractivity contribution in [2.24, 2.45) is 23.1 Å². The average Bonchev–Trinajstić information content (AvgIpc) is 4.27. The lowest BCUT2D eigenvalue weighted by Crippen LogP contribution is -2.50. The van der Waals surface area contributed by atoms with E-state index >= 15 is 0 Å². The second-order valence-electron chi connectivity index (χ2n) is 17.5. The molecule has 9 heterocycles. The molecule has 0 unspecified atom stereocenters. The smallest absolute Gasteiger partial charge is 0.271 e. The van der Waals surface area contributed by atoms with Gasteiger partial charge in [0.1, 0.15) is 88.3 Å². The van der Waals surface area contributed by atoms with E-state index < -0.39 is 65.6 Å². The normalized spacial score (nSPS) is 19.1. The van der Waals surface area contributed by atoms with Crippen LogP contribution in [0.2, 0.25) is 0 Å². The topological polar surface area (TPSA) is 339 Å². The van der Waals surface area contributed by atoms with Crippen molar-refractivity contribution in [3.05, 3.63) is 112 Å². The van der Waals surface area contributed by atoms with E-state index in [-0.39, 0.29) is 53.7 Å². The van der Waals surface area contributed by atoms with Gasteiger partial charge in [0, 0.05) is 62.8 Å². The van der Waals surface area contributed by atoms with E-state index in [0.717, 1.165) is 22.7 Å². The first-order valence-corrected chi connectivity index (χ1v) is 28.5. The molecule has 0 saturated carbocycles. The minimum absolute atomic E-state index is 0.0131. The number of nitrogens with one attached hydrogen (secondary N) is 3. The highest BCUT2D eigenvalue weighted by Crippen LogP contribution is 2.42. The number of nitrogens with two attached hydrogens (primary N) is 3. The highest BCUT2D eigenvalue weighted by molar-refractivity contribution is 7.15. The van der Waals surface area contributed by atoms with E-state index in [1.165, 1.54) is 56.1 Å². The largest absolute Gasteiger partial charge is 0.492 e. The van der Waals surface area contributed by atoms with Gasteiger partial charge in [-0.05, 0) is 36.8 Å². The van der Waals surface area contributed by atoms with E-state index in [2.05, 4.69) is 30.9 Å². The number of hydrogen-bond acceptors (Lipinski definition) is 22. The molecule has 7 aromatic heterocycles. The number of amides is 6. The summed E-state index contributed by atoms with van der Waals surface area (Å²) in [6, 6.07) is 7.74. The number of aliphatic hydroxyl groups is 1. The molecule has 28 heteroatoms. The number of ether oxygens (including phenoxy) is 1. The fourth-order valence-corrected chi connectivity index (χ4v) is 13.6. The lowest BCUT2D eigenvalue weighted by molar-refractivity contribution is -0.134. The van der Waals surface area contributed by atoms with Gasteiger partial charge in [0.05, 0.1) is 36.8 Å². The average molecular weight is 1140 g/mol. The predicted molar refractivity (Wildman–Crippen MR) is 287 cm³/mol. The fourth-order valence-electron chi connectivity index (χ4n) is 8.45. The summed E-state index contributed by atoms with van der Waals surface area (Å²) in [4.78, 5) is 116. The molecule has 0 radical (unpaired) electrons. The summed E-state index contributed by atoms with van der Waals surface area (Å²) in [5, 5.41) is 30.7. The third-order valence-electron chi connectivity index (χ3n) is 12.3. The van der Waals surface area contributed by atoms with Gasteiger partial charge in [-0.25, -0.2) is 34.9 Å². The molecule has 5 atom stereocenters. The van der Waals surface area contributed by atoms with Gasteiger partial charge < -0.3 is 47.9 Å². The molecule has 0 aliphatic carbocycles. The summed E-state index contributed by atoms with van der Waals surface area (Å²) >= 11 is 7.18. The minimum Gasteiger partial charge on any atom is -0.492 e. The van der Waals surface area contributed by atoms with Crippen LogP contribution >= 0.6 is 68.0 Å². The number of pyridine rings is 1. The van der Waals surface area contributed by atoms with Gasteiger partial charge >= 0.3 is 0 Å². The third kappa shape index (κ3) is 11.0. The van der Waals surface area contributed by atoms with Crippen molar-refractivity contribution in [2.75, 3.05) is 19.7 Å². The monoisotopic (exact) mass is 1140 g/mol. The lowest BCUT2D eigenvalue weighted by atomic mass is 10.00. The maximum Gasteiger partial charge on any atom is 0.271 e. The van der Waals surface area contributed by atoms with Crippen LogP contribution in [0.1, 0.15) is 92.8 Å². The van der Waals surface area contributed by atoms with Crippen molar-refractivity contribution >= 4 is 103 Å². The molecule has 10 rings (SSSR count). The van der Waals surface area contributed by atoms with Gasteiger partial charge in [-0.15, -0.1) is 68.0 Å². The Kier molecular flexibility index (Phi) is 15.2. The fraction of sp³-hybridized carbons (Fsp3) is 0.271. The maximum absolute atomic E-state index is 15.0. The van der Waals surface area contributed by atoms with Crippen LogP contribution in [0.25, 0.3) is 43.4 Å². The van der Waals surface area contributed by atoms with Gasteiger partial charge in [0.15, 0.2) is 0 Å². The number of fused-ring (bicyclic) bond motifs is 16. The van der Waals surface area contributed by atoms with Gasteiger partial charge in [0.25, 0.3) is 23.6 Å². The Hall–Kier alpha value is -7.31. The second kappa shape index (κ2) is 22.1. The predicted octanol–water partition coefficient (Wildman–Crippen LogP) is 4.74. The minimum atomic E-state index is -1.13. The zero-order chi connectivity index (χ0) is 53.4. The molecular formula is C48H44N14O8S6. The van der Waals surface area contributed by atoms with E-state index in [1.807, 2.05) is 12.3 Å². The highest BCUT2D eigenvalue weighted by Gasteiger charge is 2.45. The van der Waals surface area contributed by atoms with E-state index in [4.69, 9.17) is 41.9 Å². The maximum atomic E-state index is 15.0. The van der Waals surface area contributed by atoms with Crippen LogP contribution in [0.3, 0.4) is 0 Å². The van der Waals surface area contributed by atoms with Crippen molar-refractivity contribution in [1.29, 1.82) is 0 Å². The first-order valence-electron chi connectivity index (χ1n) is 23.2. The second-order valence-corrected chi connectivity index (χ2v) is 23.1. The van der Waals surface area contributed by atoms with Crippen LogP contribution in [0.15, 0.2) is 63.3 Å². The number of benzene rings is 1. The van der Waals surface area contributed by atoms with Crippen molar-refractivity contribution in [3.63, 3.8) is 0 Å². The molecule has 1 fully saturated rings. The van der Waals surface area contributed by atoms with Crippen LogP contribution < -0.4 is 37.9 Å². The summed E-state index contributed by atoms with van der Waals surface area (Å²) < 4.78 is 5.67. The van der Waals surface area contributed by atoms with Gasteiger partial charge in [-0.1, -0.05) is 19.1 Å². The number of rotatable bonds is 9. The van der Waals surface area contributed by atoms with Crippen LogP contribution in [-0.4, -0.2) is 112 Å². The Morgan fingerprint density at radius 2 is 1.41 bits per heavy atom. The summed E-state index contributed by atoms with van der Waals surface area (Å²) in [6.07, 6.45) is -1.18. The van der Waals surface area contributed by atoms with Gasteiger partial charge in [0.2, 0.25) is 11.8 Å². The molecule has 10 N–H and O–H groups in total. The molecule has 390 valence electrons. The SMILES string of the molecule is Cc1sc2nc1C(=O)NCc1nc(cs1)C(=O)N[C@@H](Cc1ccc(OCCN)cc1)C(=O)N1C[C@H](O)[C@H](C)[C@H]1c1nc(cs1)-c1nc(cs1)-c1nc(-c3nc(C(N)=O)cs3)ccc1-c1nc(cs1)C(=O)N[C@H]2CC(N)=O. The van der Waals surface area contributed by atoms with E-state index in [0.29, 0.717) is 82.7 Å². The number of nitrogens with zero attached hydrogens (tertiary/aromatic N) is 8. The molecule has 2 aliphatic rings. The molecule has 76 heavy (non-hydrogen) atoms. The van der Waals surface area contributed by atoms with Crippen molar-refractivity contribution in [1.82, 2.24) is 55.7 Å². The number of aromatic nitrogens is 7. The number of aliphatic hydroxyl groups excluding tert-OH is 1. The van der Waals surface area contributed by atoms with E-state index in [1.54, 1.807) is 59.0 Å². The van der Waals surface area contributed by atoms with Crippen molar-refractivity contribution < 1.29 is 38.6 Å². The Morgan fingerprint density at radius 1 is 0.724 bits per heavy atom. The molecule has 10 bridgehead atoms. The molecule has 8 aromatic rings. The molecule has 2 aliphatic heterocycles. The molecule has 1 aromatic carbocycles. The Balaban J connectivity index is 1.04. The van der Waals surface area contributed by atoms with Crippen LogP contribution in [0.4, 0.5) is 0 Å². The number of primary amides is 2. The number of hydrogen-bond donors (Lipinski definition) is 7. The number of thiazole rings is 6. The number of carbonyl (C=O) groups excluding carboxylic acids is 6. The molecule has 0 spiro atoms. The first kappa shape index (κ1) is 52.1. The molecular weight excluding hydrogens is 1090 g/mol. The number of carbonyl (C=O) groups is 6.